The van der Waals surface area contributed by atoms with E-state index >= 15 is 0 Å². The Labute approximate surface area is 272 Å². The van der Waals surface area contributed by atoms with Crippen molar-refractivity contribution in [1.29, 1.82) is 0 Å². The molecule has 2 aromatic carbocycles. The average Bonchev–Trinajstić information content (AvgIpc) is 3.40. The fourth-order valence-corrected chi connectivity index (χ4v) is 4.49. The van der Waals surface area contributed by atoms with Gasteiger partial charge >= 0.3 is 11.9 Å². The number of amides is 4. The van der Waals surface area contributed by atoms with Crippen LogP contribution in [0.3, 0.4) is 0 Å². The summed E-state index contributed by atoms with van der Waals surface area (Å²) in [6.07, 6.45) is 4.38. The molecule has 0 saturated carbocycles. The lowest BCUT2D eigenvalue weighted by Gasteiger charge is -2.13. The largest absolute Gasteiger partial charge is 0.507 e. The lowest BCUT2D eigenvalue weighted by molar-refractivity contribution is -0.141. The van der Waals surface area contributed by atoms with E-state index in [0.717, 1.165) is 22.0 Å². The average molecular weight is 667 g/mol. The van der Waals surface area contributed by atoms with Crippen LogP contribution in [0.1, 0.15) is 24.0 Å². The van der Waals surface area contributed by atoms with Crippen molar-refractivity contribution in [3.63, 3.8) is 0 Å². The lowest BCUT2D eigenvalue weighted by Crippen LogP contribution is -2.33. The fourth-order valence-electron chi connectivity index (χ4n) is 4.02. The smallest absolute Gasteiger partial charge is 0.312 e. The monoisotopic (exact) mass is 666 g/mol. The zero-order valence-corrected chi connectivity index (χ0v) is 25.6. The molecular formula is C30H26N4O10S2. The summed E-state index contributed by atoms with van der Waals surface area (Å²) in [4.78, 5) is 81.8. The molecule has 2 aromatic rings. The van der Waals surface area contributed by atoms with E-state index in [1.54, 1.807) is 0 Å². The summed E-state index contributed by atoms with van der Waals surface area (Å²) in [7, 11) is 0. The van der Waals surface area contributed by atoms with Gasteiger partial charge in [-0.1, -0.05) is 0 Å². The summed E-state index contributed by atoms with van der Waals surface area (Å²) in [5.74, 6) is -3.69. The Morgan fingerprint density at radius 3 is 1.43 bits per heavy atom. The quantitative estimate of drug-likeness (QED) is 0.0610. The number of esters is 2. The minimum Gasteiger partial charge on any atom is -0.507 e. The summed E-state index contributed by atoms with van der Waals surface area (Å²) in [5, 5.41) is 20.3. The van der Waals surface area contributed by atoms with Crippen LogP contribution >= 0.6 is 25.3 Å². The summed E-state index contributed by atoms with van der Waals surface area (Å²) in [5.41, 5.74) is 0.520. The maximum Gasteiger partial charge on any atom is 0.312 e. The van der Waals surface area contributed by atoms with Crippen molar-refractivity contribution in [2.45, 2.75) is 12.8 Å². The Balaban J connectivity index is 1.23. The molecule has 0 unspecified atom stereocenters. The highest BCUT2D eigenvalue weighted by molar-refractivity contribution is 7.86. The van der Waals surface area contributed by atoms with Crippen LogP contribution in [0.15, 0.2) is 68.3 Å². The van der Waals surface area contributed by atoms with Crippen LogP contribution in [0, 0.1) is 0 Å². The van der Waals surface area contributed by atoms with Gasteiger partial charge in [0.05, 0.1) is 35.7 Å². The molecule has 0 bridgehead atoms. The molecular weight excluding hydrogens is 640 g/mol. The minimum absolute atomic E-state index is 0.00547. The number of carbonyl (C=O) groups is 6. The number of rotatable bonds is 13. The van der Waals surface area contributed by atoms with Crippen molar-refractivity contribution in [2.75, 3.05) is 26.2 Å². The van der Waals surface area contributed by atoms with E-state index in [1.165, 1.54) is 48.8 Å². The highest BCUT2D eigenvalue weighted by atomic mass is 32.1. The summed E-state index contributed by atoms with van der Waals surface area (Å²) in [6.45, 7) is 0.0344. The lowest BCUT2D eigenvalue weighted by atomic mass is 10.2. The molecule has 0 saturated heterocycles. The number of carbonyl (C=O) groups excluding carboxylic acids is 6. The predicted molar refractivity (Wildman–Crippen MR) is 169 cm³/mol. The number of hydrogen-bond donors (Lipinski definition) is 4. The zero-order chi connectivity index (χ0) is 33.4. The molecule has 4 amide bonds. The van der Waals surface area contributed by atoms with E-state index in [9.17, 15) is 39.0 Å². The van der Waals surface area contributed by atoms with Gasteiger partial charge in [0.15, 0.2) is 0 Å². The first-order valence-electron chi connectivity index (χ1n) is 13.5. The Bertz CT molecular complexity index is 1610. The maximum absolute atomic E-state index is 12.2. The zero-order valence-electron chi connectivity index (χ0n) is 23.9. The molecule has 46 heavy (non-hydrogen) atoms. The van der Waals surface area contributed by atoms with Crippen molar-refractivity contribution >= 4 is 73.3 Å². The van der Waals surface area contributed by atoms with Gasteiger partial charge in [-0.25, -0.2) is 0 Å². The molecule has 0 spiro atoms. The van der Waals surface area contributed by atoms with Gasteiger partial charge in [0, 0.05) is 48.8 Å². The molecule has 2 heterocycles. The summed E-state index contributed by atoms with van der Waals surface area (Å²) in [6, 6.07) is 8.15. The first-order chi connectivity index (χ1) is 21.9. The van der Waals surface area contributed by atoms with Crippen LogP contribution in [0.25, 0.3) is 0 Å². The molecule has 0 atom stereocenters. The number of benzene rings is 2. The van der Waals surface area contributed by atoms with Gasteiger partial charge in [-0.2, -0.15) is 0 Å². The highest BCUT2D eigenvalue weighted by Gasteiger charge is 2.30. The second kappa shape index (κ2) is 15.2. The number of nitrogens with zero attached hydrogens (tertiary/aromatic N) is 4. The Morgan fingerprint density at radius 2 is 1.09 bits per heavy atom. The third kappa shape index (κ3) is 8.70. The number of phenols is 2. The van der Waals surface area contributed by atoms with Crippen molar-refractivity contribution in [3.05, 3.63) is 69.5 Å². The van der Waals surface area contributed by atoms with Crippen molar-refractivity contribution < 1.29 is 48.5 Å². The Hall–Kier alpha value is -5.22. The van der Waals surface area contributed by atoms with Gasteiger partial charge < -0.3 is 19.7 Å². The third-order valence-electron chi connectivity index (χ3n) is 6.34. The topological polar surface area (TPSA) is 193 Å². The van der Waals surface area contributed by atoms with Crippen LogP contribution in [0.4, 0.5) is 0 Å². The number of aromatic hydroxyl groups is 2. The van der Waals surface area contributed by atoms with E-state index in [1.807, 2.05) is 0 Å². The maximum atomic E-state index is 12.2. The molecule has 2 aliphatic heterocycles. The van der Waals surface area contributed by atoms with Crippen molar-refractivity contribution in [1.82, 2.24) is 9.80 Å². The molecule has 0 aliphatic carbocycles. The number of aliphatic imine (C=N–C) groups is 2. The molecule has 2 aliphatic rings. The molecule has 238 valence electrons. The molecule has 0 aromatic heterocycles. The fraction of sp³-hybridized carbons (Fsp3) is 0.200. The van der Waals surface area contributed by atoms with Crippen molar-refractivity contribution in [3.8, 4) is 23.0 Å². The predicted octanol–water partition coefficient (Wildman–Crippen LogP) is 1.59. The van der Waals surface area contributed by atoms with Gasteiger partial charge in [-0.05, 0) is 36.4 Å². The standard InChI is InChI=1S/C30H26N4O10S2/c35-21-3-1-19(43-27(39)5-9-33-25(37)13-23(45)29(33)41)11-17(21)15-31-7-8-32-16-18-12-20(2-4-22(18)36)44-28(40)6-10-34-26(38)14-24(46)30(34)42/h1-4,11-16,35-36,45-46H,5-10H2/b31-15+,32-16+. The summed E-state index contributed by atoms with van der Waals surface area (Å²) >= 11 is 7.80. The highest BCUT2D eigenvalue weighted by Crippen LogP contribution is 2.24. The SMILES string of the molecule is O=C(CCN1C(=O)C=C(S)C1=O)Oc1ccc(O)c(/C=N/CC/N=C/c2cc(OC(=O)CCN3C(=O)C=C(S)C3=O)ccc2O)c1. The van der Waals surface area contributed by atoms with Gasteiger partial charge in [0.2, 0.25) is 0 Å². The first kappa shape index (κ1) is 33.7. The third-order valence-corrected chi connectivity index (χ3v) is 6.98. The van der Waals surface area contributed by atoms with E-state index in [2.05, 4.69) is 35.2 Å². The molecule has 14 nitrogen and oxygen atoms in total. The van der Waals surface area contributed by atoms with Gasteiger partial charge in [0.1, 0.15) is 23.0 Å². The van der Waals surface area contributed by atoms with Crippen LogP contribution in [-0.2, 0) is 28.8 Å². The minimum atomic E-state index is -0.696. The number of thiol groups is 2. The van der Waals surface area contributed by atoms with Gasteiger partial charge in [0.25, 0.3) is 23.6 Å². The number of imide groups is 2. The normalized spacial score (nSPS) is 14.9. The molecule has 4 rings (SSSR count). The van der Waals surface area contributed by atoms with E-state index in [-0.39, 0.29) is 83.0 Å². The van der Waals surface area contributed by atoms with Crippen LogP contribution < -0.4 is 9.47 Å². The van der Waals surface area contributed by atoms with Gasteiger partial charge in [-0.3, -0.25) is 48.6 Å². The second-order valence-electron chi connectivity index (χ2n) is 9.61. The molecule has 0 fully saturated rings. The molecule has 0 radical (unpaired) electrons. The molecule has 2 N–H and O–H groups in total. The second-order valence-corrected chi connectivity index (χ2v) is 10.6. The van der Waals surface area contributed by atoms with E-state index in [4.69, 9.17) is 9.47 Å². The summed E-state index contributed by atoms with van der Waals surface area (Å²) < 4.78 is 10.5. The number of hydrogen-bond acceptors (Lipinski definition) is 14. The van der Waals surface area contributed by atoms with E-state index < -0.39 is 35.6 Å². The van der Waals surface area contributed by atoms with Crippen molar-refractivity contribution in [2.24, 2.45) is 9.98 Å². The van der Waals surface area contributed by atoms with Crippen LogP contribution in [0.5, 0.6) is 23.0 Å². The van der Waals surface area contributed by atoms with E-state index in [0.29, 0.717) is 0 Å². The van der Waals surface area contributed by atoms with Gasteiger partial charge in [-0.15, -0.1) is 25.3 Å². The first-order valence-corrected chi connectivity index (χ1v) is 14.4. The van der Waals surface area contributed by atoms with Crippen LogP contribution in [-0.4, -0.2) is 94.2 Å². The molecule has 16 heteroatoms. The number of ether oxygens (including phenoxy) is 2. The number of phenolic OH excluding ortho intramolecular Hbond substituents is 2. The van der Waals surface area contributed by atoms with Crippen LogP contribution in [0.2, 0.25) is 0 Å². The Kier molecular flexibility index (Phi) is 11.1. The Morgan fingerprint density at radius 1 is 0.696 bits per heavy atom.